The summed E-state index contributed by atoms with van der Waals surface area (Å²) in [6.07, 6.45) is 0. The molecule has 0 fully saturated rings. The maximum Gasteiger partial charge on any atom is 1.00 e. The zero-order chi connectivity index (χ0) is 11.6. The third kappa shape index (κ3) is 8.43. The van der Waals surface area contributed by atoms with Crippen molar-refractivity contribution in [2.45, 2.75) is 0 Å². The van der Waals surface area contributed by atoms with Crippen LogP contribution in [-0.2, 0) is 0 Å². The predicted molar refractivity (Wildman–Crippen MR) is 39.4 cm³/mol. The first-order valence-electron chi connectivity index (χ1n) is 3.71. The number of benzene rings is 1. The number of carboxylic acid groups (broad SMARTS) is 3. The van der Waals surface area contributed by atoms with Crippen molar-refractivity contribution in [1.82, 2.24) is 0 Å². The Labute approximate surface area is 279 Å². The van der Waals surface area contributed by atoms with Gasteiger partial charge in [0.15, 0.2) is 0 Å². The summed E-state index contributed by atoms with van der Waals surface area (Å²) in [5.41, 5.74) is -1.84. The molecule has 0 saturated heterocycles. The number of aromatic carboxylic acids is 3. The van der Waals surface area contributed by atoms with Crippen LogP contribution in [0.4, 0.5) is 0 Å². The molecule has 0 atom stereocenters. The fraction of sp³-hybridized carbons (Fsp3) is 0. The van der Waals surface area contributed by atoms with Crippen LogP contribution in [0.25, 0.3) is 0 Å². The summed E-state index contributed by atoms with van der Waals surface area (Å²) in [7, 11) is 0. The maximum atomic E-state index is 10.5. The van der Waals surface area contributed by atoms with E-state index >= 15 is 0 Å². The molecular formula is C9H3Cs3O6. The molecule has 9 heteroatoms. The average Bonchev–Trinajstić information content (AvgIpc) is 2.16. The van der Waals surface area contributed by atoms with Gasteiger partial charge in [0.1, 0.15) is 0 Å². The molecule has 0 saturated carbocycles. The molecule has 6 nitrogen and oxygen atoms in total. The minimum atomic E-state index is -1.79. The Morgan fingerprint density at radius 3 is 1.50 bits per heavy atom. The molecule has 0 unspecified atom stereocenters. The molecule has 78 valence electrons. The van der Waals surface area contributed by atoms with E-state index in [4.69, 9.17) is 0 Å². The number of hydrogen-bond acceptors (Lipinski definition) is 6. The van der Waals surface area contributed by atoms with Gasteiger partial charge in [0.2, 0.25) is 0 Å². The summed E-state index contributed by atoms with van der Waals surface area (Å²) in [5, 5.41) is 31.3. The van der Waals surface area contributed by atoms with Gasteiger partial charge in [-0.05, 0) is 11.6 Å². The van der Waals surface area contributed by atoms with Gasteiger partial charge in [-0.3, -0.25) is 0 Å². The fourth-order valence-electron chi connectivity index (χ4n) is 1.02. The van der Waals surface area contributed by atoms with Crippen molar-refractivity contribution in [3.63, 3.8) is 0 Å². The van der Waals surface area contributed by atoms with E-state index in [1.807, 2.05) is 0 Å². The molecule has 0 heterocycles. The van der Waals surface area contributed by atoms with Gasteiger partial charge >= 0.3 is 207 Å². The van der Waals surface area contributed by atoms with Crippen molar-refractivity contribution in [3.05, 3.63) is 34.9 Å². The molecule has 0 amide bonds. The summed E-state index contributed by atoms with van der Waals surface area (Å²) < 4.78 is 0. The standard InChI is InChI=1S/C9H6O6.3Cs/c10-7(11)4-1-2-5(8(12)13)6(3-4)9(14)15;;;/h1-3H,(H,10,11)(H,12,13)(H,14,15);;;/q;3*+1/p-3. The van der Waals surface area contributed by atoms with Gasteiger partial charge < -0.3 is 29.7 Å². The van der Waals surface area contributed by atoms with Crippen LogP contribution in [0.1, 0.15) is 31.1 Å². The van der Waals surface area contributed by atoms with Crippen LogP contribution in [0.2, 0.25) is 0 Å². The van der Waals surface area contributed by atoms with Crippen molar-refractivity contribution in [2.24, 2.45) is 0 Å². The van der Waals surface area contributed by atoms with Crippen molar-refractivity contribution in [1.29, 1.82) is 0 Å². The van der Waals surface area contributed by atoms with E-state index in [-0.39, 0.29) is 207 Å². The van der Waals surface area contributed by atoms with Crippen LogP contribution >= 0.6 is 0 Å². The predicted octanol–water partition coefficient (Wildman–Crippen LogP) is -12.2. The molecule has 0 spiro atoms. The van der Waals surface area contributed by atoms with Crippen molar-refractivity contribution in [2.75, 3.05) is 0 Å². The average molecular weight is 606 g/mol. The van der Waals surface area contributed by atoms with Crippen LogP contribution in [-0.4, -0.2) is 17.9 Å². The largest absolute Gasteiger partial charge is 1.00 e. The Hall–Kier alpha value is 3.79. The molecule has 0 bridgehead atoms. The first-order chi connectivity index (χ1) is 6.93. The zero-order valence-electron chi connectivity index (χ0n) is 10.2. The van der Waals surface area contributed by atoms with Crippen LogP contribution in [0, 0.1) is 0 Å². The van der Waals surface area contributed by atoms with Crippen LogP contribution in [0.5, 0.6) is 0 Å². The second kappa shape index (κ2) is 13.2. The van der Waals surface area contributed by atoms with Gasteiger partial charge in [-0.15, -0.1) is 0 Å². The summed E-state index contributed by atoms with van der Waals surface area (Å²) >= 11 is 0. The zero-order valence-corrected chi connectivity index (χ0v) is 29.0. The third-order valence-electron chi connectivity index (χ3n) is 1.70. The molecule has 0 aromatic heterocycles. The summed E-state index contributed by atoms with van der Waals surface area (Å²) in [6.45, 7) is 0. The van der Waals surface area contributed by atoms with E-state index in [9.17, 15) is 29.7 Å². The summed E-state index contributed by atoms with van der Waals surface area (Å²) in [6, 6.07) is 2.37. The Morgan fingerprint density at radius 2 is 1.17 bits per heavy atom. The molecule has 0 N–H and O–H groups in total. The molecule has 0 aliphatic carbocycles. The molecule has 0 aliphatic rings. The van der Waals surface area contributed by atoms with Crippen LogP contribution in [0.3, 0.4) is 0 Å². The minimum Gasteiger partial charge on any atom is -0.545 e. The molecule has 18 heavy (non-hydrogen) atoms. The Balaban J connectivity index is -0.000000750. The van der Waals surface area contributed by atoms with Gasteiger partial charge in [-0.25, -0.2) is 0 Å². The number of rotatable bonds is 3. The topological polar surface area (TPSA) is 120 Å². The van der Waals surface area contributed by atoms with Gasteiger partial charge in [0.25, 0.3) is 0 Å². The quantitative estimate of drug-likeness (QED) is 0.338. The first kappa shape index (κ1) is 26.7. The normalized spacial score (nSPS) is 8.00. The van der Waals surface area contributed by atoms with E-state index in [0.29, 0.717) is 6.07 Å². The van der Waals surface area contributed by atoms with Crippen molar-refractivity contribution in [3.8, 4) is 0 Å². The van der Waals surface area contributed by atoms with Crippen LogP contribution in [0.15, 0.2) is 18.2 Å². The van der Waals surface area contributed by atoms with Crippen molar-refractivity contribution < 1.29 is 236 Å². The maximum absolute atomic E-state index is 10.5. The number of hydrogen-bond donors (Lipinski definition) is 0. The van der Waals surface area contributed by atoms with Gasteiger partial charge in [-0.2, -0.15) is 0 Å². The molecule has 0 aliphatic heterocycles. The Morgan fingerprint density at radius 1 is 0.722 bits per heavy atom. The molecule has 1 aromatic rings. The third-order valence-corrected chi connectivity index (χ3v) is 1.70. The number of carboxylic acids is 3. The molecule has 0 radical (unpaired) electrons. The fourth-order valence-corrected chi connectivity index (χ4v) is 1.02. The second-order valence-electron chi connectivity index (χ2n) is 2.62. The second-order valence-corrected chi connectivity index (χ2v) is 2.62. The SMILES string of the molecule is O=C([O-])c1ccc(C(=O)[O-])c(C(=O)[O-])c1.[Cs+].[Cs+].[Cs+]. The van der Waals surface area contributed by atoms with E-state index in [0.717, 1.165) is 12.1 Å². The molecular weight excluding hydrogens is 603 g/mol. The Kier molecular flexibility index (Phi) is 19.6. The van der Waals surface area contributed by atoms with Crippen LogP contribution < -0.4 is 222 Å². The van der Waals surface area contributed by atoms with Gasteiger partial charge in [0, 0.05) is 11.1 Å². The smallest absolute Gasteiger partial charge is 0.545 e. The van der Waals surface area contributed by atoms with E-state index in [1.54, 1.807) is 0 Å². The minimum absolute atomic E-state index is 0. The van der Waals surface area contributed by atoms with E-state index < -0.39 is 34.6 Å². The monoisotopic (exact) mass is 606 g/mol. The molecule has 1 rings (SSSR count). The van der Waals surface area contributed by atoms with Gasteiger partial charge in [0.05, 0.1) is 17.9 Å². The summed E-state index contributed by atoms with van der Waals surface area (Å²) in [4.78, 5) is 31.3. The van der Waals surface area contributed by atoms with Gasteiger partial charge in [-0.1, -0.05) is 12.1 Å². The van der Waals surface area contributed by atoms with E-state index in [1.165, 1.54) is 0 Å². The Bertz CT molecular complexity index is 460. The number of carbonyl (C=O) groups excluding carboxylic acids is 3. The van der Waals surface area contributed by atoms with E-state index in [2.05, 4.69) is 0 Å². The first-order valence-corrected chi connectivity index (χ1v) is 3.71. The summed E-state index contributed by atoms with van der Waals surface area (Å²) in [5.74, 6) is -5.13. The molecule has 1 aromatic carbocycles. The van der Waals surface area contributed by atoms with Crippen molar-refractivity contribution >= 4 is 17.9 Å². The number of carbonyl (C=O) groups is 3.